The molecule has 0 saturated heterocycles. The Morgan fingerprint density at radius 3 is 2.13 bits per heavy atom. The molecular weight excluding hydrogens is 393 g/mol. The molecule has 3 aromatic carbocycles. The largest absolute Gasteiger partial charge is 0.322 e. The molecule has 2 amide bonds. The Balaban J connectivity index is 1.84. The van der Waals surface area contributed by atoms with Crippen molar-refractivity contribution < 1.29 is 14.0 Å². The van der Waals surface area contributed by atoms with E-state index in [9.17, 15) is 19.2 Å². The van der Waals surface area contributed by atoms with Crippen molar-refractivity contribution in [3.8, 4) is 6.07 Å². The van der Waals surface area contributed by atoms with Crippen LogP contribution in [0.1, 0.15) is 45.7 Å². The molecule has 0 heterocycles. The molecule has 156 valence electrons. The second-order valence-electron chi connectivity index (χ2n) is 7.70. The van der Waals surface area contributed by atoms with Gasteiger partial charge in [0.1, 0.15) is 5.82 Å². The number of nitriles is 1. The van der Waals surface area contributed by atoms with Crippen LogP contribution in [-0.4, -0.2) is 11.8 Å². The molecular formula is C25H22FN3O2. The van der Waals surface area contributed by atoms with Gasteiger partial charge in [0.2, 0.25) is 0 Å². The third-order valence-electron chi connectivity index (χ3n) is 5.02. The number of anilines is 2. The van der Waals surface area contributed by atoms with Crippen molar-refractivity contribution in [2.75, 3.05) is 10.6 Å². The number of benzene rings is 3. The summed E-state index contributed by atoms with van der Waals surface area (Å²) in [5.74, 6) is -1.69. The van der Waals surface area contributed by atoms with Gasteiger partial charge in [0.25, 0.3) is 11.8 Å². The summed E-state index contributed by atoms with van der Waals surface area (Å²) in [6.07, 6.45) is 0. The molecule has 0 atom stereocenters. The Morgan fingerprint density at radius 2 is 1.48 bits per heavy atom. The Bertz CT molecular complexity index is 1180. The highest BCUT2D eigenvalue weighted by Crippen LogP contribution is 2.26. The lowest BCUT2D eigenvalue weighted by Crippen LogP contribution is -2.20. The highest BCUT2D eigenvalue weighted by atomic mass is 19.1. The van der Waals surface area contributed by atoms with Crippen LogP contribution in [0.3, 0.4) is 0 Å². The van der Waals surface area contributed by atoms with Crippen LogP contribution in [0.25, 0.3) is 0 Å². The van der Waals surface area contributed by atoms with Crippen molar-refractivity contribution in [3.63, 3.8) is 0 Å². The first kappa shape index (κ1) is 21.7. The maximum atomic E-state index is 14.0. The summed E-state index contributed by atoms with van der Waals surface area (Å²) < 4.78 is 14.0. The molecule has 0 aliphatic carbocycles. The van der Waals surface area contributed by atoms with Crippen molar-refractivity contribution in [1.29, 1.82) is 5.26 Å². The maximum Gasteiger partial charge on any atom is 0.258 e. The molecule has 0 bridgehead atoms. The molecule has 3 aromatic rings. The summed E-state index contributed by atoms with van der Waals surface area (Å²) >= 11 is 0. The smallest absolute Gasteiger partial charge is 0.258 e. The van der Waals surface area contributed by atoms with E-state index in [1.54, 1.807) is 55.5 Å². The van der Waals surface area contributed by atoms with Crippen LogP contribution in [0.4, 0.5) is 15.8 Å². The molecule has 6 heteroatoms. The van der Waals surface area contributed by atoms with Crippen LogP contribution in [0.5, 0.6) is 0 Å². The second kappa shape index (κ2) is 8.80. The van der Waals surface area contributed by atoms with Gasteiger partial charge in [-0.2, -0.15) is 5.26 Å². The zero-order valence-corrected chi connectivity index (χ0v) is 17.5. The zero-order chi connectivity index (χ0) is 22.6. The molecule has 0 aromatic heterocycles. The fraction of sp³-hybridized carbons (Fsp3) is 0.160. The molecule has 0 spiro atoms. The predicted octanol–water partition coefficient (Wildman–Crippen LogP) is 5.44. The first-order valence-electron chi connectivity index (χ1n) is 9.71. The number of carbonyl (C=O) groups excluding carboxylic acids is 2. The third-order valence-corrected chi connectivity index (χ3v) is 5.02. The van der Waals surface area contributed by atoms with Gasteiger partial charge in [-0.3, -0.25) is 9.59 Å². The van der Waals surface area contributed by atoms with Gasteiger partial charge in [0, 0.05) is 5.69 Å². The van der Waals surface area contributed by atoms with Crippen LogP contribution >= 0.6 is 0 Å². The molecule has 31 heavy (non-hydrogen) atoms. The summed E-state index contributed by atoms with van der Waals surface area (Å²) in [5.41, 5.74) is 1.89. The van der Waals surface area contributed by atoms with Gasteiger partial charge in [0.15, 0.2) is 0 Å². The molecule has 0 radical (unpaired) electrons. The summed E-state index contributed by atoms with van der Waals surface area (Å²) in [7, 11) is 0. The Hall–Kier alpha value is -3.98. The number of halogens is 1. The quantitative estimate of drug-likeness (QED) is 0.582. The van der Waals surface area contributed by atoms with Crippen molar-refractivity contribution in [2.45, 2.75) is 26.2 Å². The van der Waals surface area contributed by atoms with Crippen LogP contribution in [-0.2, 0) is 5.41 Å². The number of aryl methyl sites for hydroxylation is 1. The van der Waals surface area contributed by atoms with Gasteiger partial charge in [-0.15, -0.1) is 0 Å². The molecule has 5 nitrogen and oxygen atoms in total. The number of carbonyl (C=O) groups is 2. The van der Waals surface area contributed by atoms with Crippen LogP contribution in [0.2, 0.25) is 0 Å². The fourth-order valence-electron chi connectivity index (χ4n) is 3.08. The summed E-state index contributed by atoms with van der Waals surface area (Å²) in [4.78, 5) is 25.5. The average Bonchev–Trinajstić information content (AvgIpc) is 2.75. The van der Waals surface area contributed by atoms with E-state index in [0.717, 1.165) is 5.56 Å². The lowest BCUT2D eigenvalue weighted by molar-refractivity contribution is 0.102. The van der Waals surface area contributed by atoms with Crippen molar-refractivity contribution >= 4 is 23.2 Å². The van der Waals surface area contributed by atoms with Gasteiger partial charge < -0.3 is 10.6 Å². The lowest BCUT2D eigenvalue weighted by atomic mass is 9.86. The molecule has 0 aliphatic heterocycles. The molecule has 2 N–H and O–H groups in total. The Labute approximate surface area is 180 Å². The molecule has 0 saturated carbocycles. The molecule has 0 fully saturated rings. The lowest BCUT2D eigenvalue weighted by Gasteiger charge is -2.17. The van der Waals surface area contributed by atoms with E-state index in [-0.39, 0.29) is 11.1 Å². The monoisotopic (exact) mass is 415 g/mol. The Morgan fingerprint density at radius 1 is 0.871 bits per heavy atom. The molecule has 3 rings (SSSR count). The number of hydrogen-bond acceptors (Lipinski definition) is 3. The first-order valence-corrected chi connectivity index (χ1v) is 9.71. The minimum atomic E-state index is -0.639. The average molecular weight is 415 g/mol. The topological polar surface area (TPSA) is 82.0 Å². The number of amides is 2. The van der Waals surface area contributed by atoms with E-state index in [0.29, 0.717) is 16.9 Å². The van der Waals surface area contributed by atoms with Crippen molar-refractivity contribution in [3.05, 3.63) is 94.8 Å². The minimum absolute atomic E-state index is 0.104. The van der Waals surface area contributed by atoms with E-state index < -0.39 is 23.0 Å². The van der Waals surface area contributed by atoms with Crippen LogP contribution in [0, 0.1) is 24.1 Å². The predicted molar refractivity (Wildman–Crippen MR) is 119 cm³/mol. The first-order chi connectivity index (χ1) is 14.7. The normalized spacial score (nSPS) is 10.8. The maximum absolute atomic E-state index is 14.0. The highest BCUT2D eigenvalue weighted by Gasteiger charge is 2.20. The number of nitrogens with zero attached hydrogens (tertiary/aromatic N) is 1. The number of rotatable bonds is 5. The number of hydrogen-bond donors (Lipinski definition) is 2. The Kier molecular flexibility index (Phi) is 6.17. The van der Waals surface area contributed by atoms with Crippen LogP contribution in [0.15, 0.2) is 66.7 Å². The van der Waals surface area contributed by atoms with E-state index in [1.807, 2.05) is 13.8 Å². The number of para-hydroxylation sites is 1. The third kappa shape index (κ3) is 4.78. The second-order valence-corrected chi connectivity index (χ2v) is 7.70. The SMILES string of the molecule is Cc1cccc(C(=O)Nc2ccc(C(C)(C)C#N)cc2)c1NC(=O)c1ccccc1F. The van der Waals surface area contributed by atoms with Crippen molar-refractivity contribution in [1.82, 2.24) is 0 Å². The van der Waals surface area contributed by atoms with E-state index in [2.05, 4.69) is 16.7 Å². The highest BCUT2D eigenvalue weighted by molar-refractivity contribution is 6.13. The van der Waals surface area contributed by atoms with Crippen LogP contribution < -0.4 is 10.6 Å². The molecule has 0 aliphatic rings. The molecule has 0 unspecified atom stereocenters. The van der Waals surface area contributed by atoms with Gasteiger partial charge in [-0.1, -0.05) is 36.4 Å². The minimum Gasteiger partial charge on any atom is -0.322 e. The fourth-order valence-corrected chi connectivity index (χ4v) is 3.08. The van der Waals surface area contributed by atoms with E-state index in [1.165, 1.54) is 18.2 Å². The number of nitrogens with one attached hydrogen (secondary N) is 2. The van der Waals surface area contributed by atoms with E-state index in [4.69, 9.17) is 0 Å². The summed E-state index contributed by atoms with van der Waals surface area (Å²) in [6, 6.07) is 20.0. The van der Waals surface area contributed by atoms with E-state index >= 15 is 0 Å². The zero-order valence-electron chi connectivity index (χ0n) is 17.5. The van der Waals surface area contributed by atoms with Gasteiger partial charge >= 0.3 is 0 Å². The standard InChI is InChI=1S/C25H22FN3O2/c1-16-7-6-9-20(22(16)29-23(30)19-8-4-5-10-21(19)26)24(31)28-18-13-11-17(12-14-18)25(2,3)15-27/h4-14H,1-3H3,(H,28,31)(H,29,30). The van der Waals surface area contributed by atoms with Gasteiger partial charge in [-0.05, 0) is 62.2 Å². The van der Waals surface area contributed by atoms with Gasteiger partial charge in [-0.25, -0.2) is 4.39 Å². The van der Waals surface area contributed by atoms with Crippen molar-refractivity contribution in [2.24, 2.45) is 0 Å². The van der Waals surface area contributed by atoms with Gasteiger partial charge in [0.05, 0.1) is 28.3 Å². The summed E-state index contributed by atoms with van der Waals surface area (Å²) in [6.45, 7) is 5.39. The summed E-state index contributed by atoms with van der Waals surface area (Å²) in [5, 5.41) is 14.7.